The van der Waals surface area contributed by atoms with Gasteiger partial charge in [0.25, 0.3) is 0 Å². The number of ketones is 1. The first-order valence-corrected chi connectivity index (χ1v) is 13.4. The van der Waals surface area contributed by atoms with Gasteiger partial charge in [0.05, 0.1) is 0 Å². The van der Waals surface area contributed by atoms with Crippen molar-refractivity contribution in [2.45, 2.75) is 37.5 Å². The van der Waals surface area contributed by atoms with E-state index in [9.17, 15) is 15.3 Å². The number of nitrogens with one attached hydrogen (secondary N) is 1. The van der Waals surface area contributed by atoms with E-state index in [2.05, 4.69) is 13.8 Å². The number of carbonyl (C=O) groups is 1. The summed E-state index contributed by atoms with van der Waals surface area (Å²) in [5, 5.41) is 21.1. The Balaban J connectivity index is 1.84. The molecule has 0 radical (unpaired) electrons. The molecule has 2 aliphatic rings. The van der Waals surface area contributed by atoms with Crippen molar-refractivity contribution in [2.24, 2.45) is 5.41 Å². The highest BCUT2D eigenvalue weighted by atomic mass is 32.2. The molecule has 3 aromatic carbocycles. The average Bonchev–Trinajstić information content (AvgIpc) is 2.88. The van der Waals surface area contributed by atoms with Crippen LogP contribution in [-0.4, -0.2) is 23.0 Å². The molecule has 1 aliphatic heterocycles. The first kappa shape index (κ1) is 24.1. The third-order valence-corrected chi connectivity index (χ3v) is 7.73. The minimum atomic E-state index is -0.521. The quantitative estimate of drug-likeness (QED) is 0.289. The van der Waals surface area contributed by atoms with E-state index >= 15 is 0 Å². The lowest BCUT2D eigenvalue weighted by Crippen LogP contribution is -2.45. The van der Waals surface area contributed by atoms with E-state index in [-0.39, 0.29) is 22.8 Å². The Kier molecular flexibility index (Phi) is 6.35. The second-order valence-electron chi connectivity index (χ2n) is 10.2. The number of benzene rings is 3. The summed E-state index contributed by atoms with van der Waals surface area (Å²) in [7, 11) is 0. The number of anilines is 1. The second-order valence-corrected chi connectivity index (χ2v) is 11.0. The minimum Gasteiger partial charge on any atom is -0.507 e. The van der Waals surface area contributed by atoms with Crippen LogP contribution in [-0.2, 0) is 4.79 Å². The standard InChI is InChI=1S/C31H30N2O2S/c1-31(2)18-24-27(25(34)19-31)26(20-14-16-23(36-3)17-15-20)28(29(35)21-10-6-4-7-11-21)30(32)33(24)22-12-8-5-9-13-22/h4-17,26,32,35H,18-19H2,1-3H3/b29-28+,32-30?. The van der Waals surface area contributed by atoms with E-state index < -0.39 is 5.92 Å². The summed E-state index contributed by atoms with van der Waals surface area (Å²) < 4.78 is 0. The van der Waals surface area contributed by atoms with Crippen molar-refractivity contribution in [3.63, 3.8) is 0 Å². The highest BCUT2D eigenvalue weighted by molar-refractivity contribution is 7.98. The number of aliphatic hydroxyl groups excluding tert-OH is 1. The van der Waals surface area contributed by atoms with Gasteiger partial charge in [-0.25, -0.2) is 0 Å². The molecular weight excluding hydrogens is 464 g/mol. The van der Waals surface area contributed by atoms with Crippen molar-refractivity contribution in [3.8, 4) is 0 Å². The molecule has 5 rings (SSSR count). The number of Topliss-reactive ketones (excluding diaryl/α,β-unsaturated/α-hetero) is 1. The second kappa shape index (κ2) is 9.47. The molecule has 0 fully saturated rings. The number of nitrogens with zero attached hydrogens (tertiary/aromatic N) is 1. The van der Waals surface area contributed by atoms with E-state index in [1.165, 1.54) is 0 Å². The molecule has 0 aromatic heterocycles. The molecule has 36 heavy (non-hydrogen) atoms. The summed E-state index contributed by atoms with van der Waals surface area (Å²) >= 11 is 1.66. The molecule has 3 aromatic rings. The van der Waals surface area contributed by atoms with Crippen LogP contribution in [0.25, 0.3) is 5.76 Å². The van der Waals surface area contributed by atoms with Crippen LogP contribution < -0.4 is 4.90 Å². The normalized spacial score (nSPS) is 20.9. The van der Waals surface area contributed by atoms with Crippen molar-refractivity contribution in [3.05, 3.63) is 113 Å². The molecule has 1 aliphatic carbocycles. The van der Waals surface area contributed by atoms with Crippen molar-refractivity contribution in [1.29, 1.82) is 5.41 Å². The molecule has 0 bridgehead atoms. The summed E-state index contributed by atoms with van der Waals surface area (Å²) in [6, 6.07) is 27.2. The third kappa shape index (κ3) is 4.28. The van der Waals surface area contributed by atoms with Gasteiger partial charge >= 0.3 is 0 Å². The summed E-state index contributed by atoms with van der Waals surface area (Å²) in [5.74, 6) is -0.213. The molecule has 1 atom stereocenters. The number of rotatable bonds is 4. The maximum absolute atomic E-state index is 13.9. The van der Waals surface area contributed by atoms with Crippen molar-refractivity contribution in [1.82, 2.24) is 0 Å². The van der Waals surface area contributed by atoms with Crippen LogP contribution in [0.5, 0.6) is 0 Å². The first-order valence-electron chi connectivity index (χ1n) is 12.1. The molecule has 0 amide bonds. The van der Waals surface area contributed by atoms with Gasteiger partial charge in [0.15, 0.2) is 5.78 Å². The molecule has 4 nitrogen and oxygen atoms in total. The molecule has 2 N–H and O–H groups in total. The van der Waals surface area contributed by atoms with Crippen LogP contribution in [0.1, 0.15) is 43.7 Å². The maximum Gasteiger partial charge on any atom is 0.162 e. The van der Waals surface area contributed by atoms with Crippen LogP contribution in [0.3, 0.4) is 0 Å². The van der Waals surface area contributed by atoms with E-state index in [4.69, 9.17) is 0 Å². The van der Waals surface area contributed by atoms with Crippen molar-refractivity contribution in [2.75, 3.05) is 11.2 Å². The van der Waals surface area contributed by atoms with E-state index in [1.54, 1.807) is 11.8 Å². The molecule has 182 valence electrons. The van der Waals surface area contributed by atoms with E-state index in [0.717, 1.165) is 21.8 Å². The fraction of sp³-hybridized carbons (Fsp3) is 0.226. The summed E-state index contributed by atoms with van der Waals surface area (Å²) in [4.78, 5) is 16.9. The number of hydrogen-bond acceptors (Lipinski definition) is 4. The Morgan fingerprint density at radius 1 is 0.944 bits per heavy atom. The van der Waals surface area contributed by atoms with Gasteiger partial charge in [-0.1, -0.05) is 74.5 Å². The highest BCUT2D eigenvalue weighted by Crippen LogP contribution is 2.51. The van der Waals surface area contributed by atoms with Gasteiger partial charge in [-0.2, -0.15) is 0 Å². The predicted octanol–water partition coefficient (Wildman–Crippen LogP) is 7.60. The van der Waals surface area contributed by atoms with Crippen LogP contribution >= 0.6 is 11.8 Å². The molecule has 0 saturated carbocycles. The number of hydrogen-bond donors (Lipinski definition) is 2. The largest absolute Gasteiger partial charge is 0.507 e. The van der Waals surface area contributed by atoms with Gasteiger partial charge in [-0.3, -0.25) is 15.1 Å². The van der Waals surface area contributed by atoms with Crippen LogP contribution in [0.2, 0.25) is 0 Å². The third-order valence-electron chi connectivity index (χ3n) is 6.99. The van der Waals surface area contributed by atoms with Gasteiger partial charge in [0.1, 0.15) is 11.6 Å². The molecule has 0 spiro atoms. The van der Waals surface area contributed by atoms with Crippen LogP contribution in [0.15, 0.2) is 107 Å². The lowest BCUT2D eigenvalue weighted by atomic mass is 9.67. The Hall–Kier alpha value is -3.57. The fourth-order valence-corrected chi connectivity index (χ4v) is 5.77. The summed E-state index contributed by atoms with van der Waals surface area (Å²) in [6.07, 6.45) is 3.13. The zero-order valence-electron chi connectivity index (χ0n) is 20.8. The number of allylic oxidation sites excluding steroid dienone is 2. The number of aliphatic hydroxyl groups is 1. The lowest BCUT2D eigenvalue weighted by Gasteiger charge is -2.45. The fourth-order valence-electron chi connectivity index (χ4n) is 5.36. The van der Waals surface area contributed by atoms with Crippen LogP contribution in [0.4, 0.5) is 5.69 Å². The number of para-hydroxylation sites is 1. The first-order chi connectivity index (χ1) is 17.3. The Morgan fingerprint density at radius 2 is 1.56 bits per heavy atom. The van der Waals surface area contributed by atoms with E-state index in [1.807, 2.05) is 96.1 Å². The molecular formula is C31H30N2O2S. The summed E-state index contributed by atoms with van der Waals surface area (Å²) in [5.41, 5.74) is 4.12. The number of carbonyl (C=O) groups excluding carboxylic acids is 1. The molecule has 0 saturated heterocycles. The van der Waals surface area contributed by atoms with Gasteiger partial charge in [-0.15, -0.1) is 11.8 Å². The zero-order chi connectivity index (χ0) is 25.4. The Bertz CT molecular complexity index is 1370. The Morgan fingerprint density at radius 3 is 2.17 bits per heavy atom. The minimum absolute atomic E-state index is 0.0321. The predicted molar refractivity (Wildman–Crippen MR) is 149 cm³/mol. The monoisotopic (exact) mass is 494 g/mol. The number of thioether (sulfide) groups is 1. The zero-order valence-corrected chi connectivity index (χ0v) is 21.6. The maximum atomic E-state index is 13.9. The van der Waals surface area contributed by atoms with Crippen molar-refractivity contribution < 1.29 is 9.90 Å². The smallest absolute Gasteiger partial charge is 0.162 e. The van der Waals surface area contributed by atoms with Gasteiger partial charge in [0, 0.05) is 45.3 Å². The molecule has 5 heteroatoms. The topological polar surface area (TPSA) is 64.4 Å². The van der Waals surface area contributed by atoms with Crippen molar-refractivity contribution >= 4 is 34.8 Å². The lowest BCUT2D eigenvalue weighted by molar-refractivity contribution is -0.118. The molecule has 1 unspecified atom stereocenters. The van der Waals surface area contributed by atoms with E-state index in [0.29, 0.717) is 29.6 Å². The highest BCUT2D eigenvalue weighted by Gasteiger charge is 2.46. The van der Waals surface area contributed by atoms with Gasteiger partial charge in [-0.05, 0) is 47.9 Å². The SMILES string of the molecule is CSc1ccc(C2C3=C(CC(C)(C)CC3=O)N(c3ccccc3)C(=N)/C2=C(/O)c2ccccc2)cc1. The van der Waals surface area contributed by atoms with Crippen LogP contribution in [0, 0.1) is 10.8 Å². The van der Waals surface area contributed by atoms with Gasteiger partial charge in [0.2, 0.25) is 0 Å². The number of amidine groups is 1. The molecule has 1 heterocycles. The van der Waals surface area contributed by atoms with Gasteiger partial charge < -0.3 is 5.11 Å². The average molecular weight is 495 g/mol. The Labute approximate surface area is 216 Å². The summed E-state index contributed by atoms with van der Waals surface area (Å²) in [6.45, 7) is 4.22.